The van der Waals surface area contributed by atoms with Gasteiger partial charge in [-0.25, -0.2) is 0 Å². The van der Waals surface area contributed by atoms with Crippen molar-refractivity contribution in [1.29, 1.82) is 0 Å². The first kappa shape index (κ1) is 19.4. The first-order valence-electron chi connectivity index (χ1n) is 9.25. The topological polar surface area (TPSA) is 58.2 Å². The van der Waals surface area contributed by atoms with Gasteiger partial charge in [-0.1, -0.05) is 36.4 Å². The smallest absolute Gasteiger partial charge is 0.255 e. The summed E-state index contributed by atoms with van der Waals surface area (Å²) in [6.45, 7) is 6.44. The Hall–Kier alpha value is -3.40. The Morgan fingerprint density at radius 3 is 2.07 bits per heavy atom. The maximum atomic E-state index is 12.6. The lowest BCUT2D eigenvalue weighted by Crippen LogP contribution is -2.23. The SMILES string of the molecule is Cc1cc(C)cc(NC(=O)c2cccc(C(=O)NCc3ccccc3C)c2)c1. The van der Waals surface area contributed by atoms with E-state index in [1.165, 1.54) is 0 Å². The molecule has 28 heavy (non-hydrogen) atoms. The summed E-state index contributed by atoms with van der Waals surface area (Å²) >= 11 is 0. The van der Waals surface area contributed by atoms with E-state index >= 15 is 0 Å². The minimum Gasteiger partial charge on any atom is -0.348 e. The van der Waals surface area contributed by atoms with Crippen molar-refractivity contribution in [2.75, 3.05) is 5.32 Å². The minimum absolute atomic E-state index is 0.204. The fourth-order valence-electron chi connectivity index (χ4n) is 3.14. The van der Waals surface area contributed by atoms with Crippen LogP contribution in [-0.2, 0) is 6.54 Å². The highest BCUT2D eigenvalue weighted by molar-refractivity contribution is 6.06. The highest BCUT2D eigenvalue weighted by Crippen LogP contribution is 2.16. The number of anilines is 1. The molecule has 0 fully saturated rings. The second kappa shape index (κ2) is 8.53. The fourth-order valence-corrected chi connectivity index (χ4v) is 3.14. The summed E-state index contributed by atoms with van der Waals surface area (Å²) in [5, 5.41) is 5.82. The molecule has 0 bridgehead atoms. The molecule has 4 heteroatoms. The Labute approximate surface area is 165 Å². The molecular formula is C24H24N2O2. The third-order valence-corrected chi connectivity index (χ3v) is 4.57. The molecule has 3 aromatic carbocycles. The van der Waals surface area contributed by atoms with Gasteiger partial charge in [0.1, 0.15) is 0 Å². The van der Waals surface area contributed by atoms with Crippen molar-refractivity contribution in [1.82, 2.24) is 5.32 Å². The zero-order chi connectivity index (χ0) is 20.1. The number of hydrogen-bond acceptors (Lipinski definition) is 2. The molecule has 0 spiro atoms. The van der Waals surface area contributed by atoms with Gasteiger partial charge in [0.2, 0.25) is 0 Å². The first-order valence-corrected chi connectivity index (χ1v) is 9.25. The average molecular weight is 372 g/mol. The third-order valence-electron chi connectivity index (χ3n) is 4.57. The lowest BCUT2D eigenvalue weighted by Gasteiger charge is -2.10. The van der Waals surface area contributed by atoms with E-state index in [1.54, 1.807) is 24.3 Å². The molecule has 0 unspecified atom stereocenters. The number of aryl methyl sites for hydroxylation is 3. The molecule has 0 radical (unpaired) electrons. The summed E-state index contributed by atoms with van der Waals surface area (Å²) in [6.07, 6.45) is 0. The van der Waals surface area contributed by atoms with Gasteiger partial charge in [-0.05, 0) is 73.4 Å². The lowest BCUT2D eigenvalue weighted by molar-refractivity contribution is 0.0951. The second-order valence-corrected chi connectivity index (χ2v) is 7.02. The molecule has 0 saturated carbocycles. The van der Waals surface area contributed by atoms with Crippen molar-refractivity contribution >= 4 is 17.5 Å². The minimum atomic E-state index is -0.237. The Bertz CT molecular complexity index is 1000. The molecule has 3 aromatic rings. The van der Waals surface area contributed by atoms with Gasteiger partial charge in [-0.2, -0.15) is 0 Å². The Morgan fingerprint density at radius 2 is 1.39 bits per heavy atom. The number of nitrogens with one attached hydrogen (secondary N) is 2. The van der Waals surface area contributed by atoms with Crippen molar-refractivity contribution < 1.29 is 9.59 Å². The van der Waals surface area contributed by atoms with Gasteiger partial charge in [-0.3, -0.25) is 9.59 Å². The van der Waals surface area contributed by atoms with E-state index in [0.717, 1.165) is 27.9 Å². The van der Waals surface area contributed by atoms with E-state index in [-0.39, 0.29) is 11.8 Å². The van der Waals surface area contributed by atoms with Crippen molar-refractivity contribution in [2.24, 2.45) is 0 Å². The van der Waals surface area contributed by atoms with Crippen LogP contribution in [0, 0.1) is 20.8 Å². The van der Waals surface area contributed by atoms with E-state index < -0.39 is 0 Å². The van der Waals surface area contributed by atoms with Crippen LogP contribution in [0.25, 0.3) is 0 Å². The molecular weight excluding hydrogens is 348 g/mol. The van der Waals surface area contributed by atoms with Crippen LogP contribution in [0.2, 0.25) is 0 Å². The maximum Gasteiger partial charge on any atom is 0.255 e. The predicted octanol–water partition coefficient (Wildman–Crippen LogP) is 4.79. The van der Waals surface area contributed by atoms with Gasteiger partial charge < -0.3 is 10.6 Å². The maximum absolute atomic E-state index is 12.6. The molecule has 4 nitrogen and oxygen atoms in total. The standard InChI is InChI=1S/C24H24N2O2/c1-16-11-17(2)13-22(12-16)26-24(28)20-10-6-9-19(14-20)23(27)25-15-21-8-5-4-7-18(21)3/h4-14H,15H2,1-3H3,(H,25,27)(H,26,28). The summed E-state index contributed by atoms with van der Waals surface area (Å²) in [6, 6.07) is 20.6. The summed E-state index contributed by atoms with van der Waals surface area (Å²) < 4.78 is 0. The van der Waals surface area contributed by atoms with Crippen LogP contribution in [0.3, 0.4) is 0 Å². The van der Waals surface area contributed by atoms with Gasteiger partial charge in [0.25, 0.3) is 11.8 Å². The average Bonchev–Trinajstić information content (AvgIpc) is 2.66. The summed E-state index contributed by atoms with van der Waals surface area (Å²) in [7, 11) is 0. The van der Waals surface area contributed by atoms with E-state index in [4.69, 9.17) is 0 Å². The van der Waals surface area contributed by atoms with E-state index in [1.807, 2.05) is 57.2 Å². The van der Waals surface area contributed by atoms with Crippen LogP contribution in [0.4, 0.5) is 5.69 Å². The molecule has 0 aromatic heterocycles. The van der Waals surface area contributed by atoms with Crippen LogP contribution in [-0.4, -0.2) is 11.8 Å². The summed E-state index contributed by atoms with van der Waals surface area (Å²) in [4.78, 5) is 25.1. The molecule has 3 rings (SSSR count). The zero-order valence-electron chi connectivity index (χ0n) is 16.4. The lowest BCUT2D eigenvalue weighted by atomic mass is 10.1. The van der Waals surface area contributed by atoms with Crippen LogP contribution in [0.5, 0.6) is 0 Å². The number of hydrogen-bond donors (Lipinski definition) is 2. The van der Waals surface area contributed by atoms with Crippen molar-refractivity contribution in [3.63, 3.8) is 0 Å². The number of amides is 2. The number of benzene rings is 3. The number of carbonyl (C=O) groups excluding carboxylic acids is 2. The highest BCUT2D eigenvalue weighted by atomic mass is 16.2. The highest BCUT2D eigenvalue weighted by Gasteiger charge is 2.11. The summed E-state index contributed by atoms with van der Waals surface area (Å²) in [5.41, 5.74) is 6.02. The molecule has 0 saturated heterocycles. The predicted molar refractivity (Wildman–Crippen MR) is 113 cm³/mol. The van der Waals surface area contributed by atoms with E-state index in [0.29, 0.717) is 17.7 Å². The van der Waals surface area contributed by atoms with Gasteiger partial charge in [-0.15, -0.1) is 0 Å². The third kappa shape index (κ3) is 4.86. The molecule has 0 aliphatic rings. The molecule has 0 heterocycles. The van der Waals surface area contributed by atoms with Crippen LogP contribution in [0.1, 0.15) is 43.0 Å². The van der Waals surface area contributed by atoms with Gasteiger partial charge >= 0.3 is 0 Å². The van der Waals surface area contributed by atoms with Gasteiger partial charge in [0, 0.05) is 23.4 Å². The number of rotatable bonds is 5. The molecule has 2 amide bonds. The van der Waals surface area contributed by atoms with Crippen molar-refractivity contribution in [2.45, 2.75) is 27.3 Å². The number of carbonyl (C=O) groups is 2. The largest absolute Gasteiger partial charge is 0.348 e. The van der Waals surface area contributed by atoms with Gasteiger partial charge in [0.15, 0.2) is 0 Å². The molecule has 142 valence electrons. The first-order chi connectivity index (χ1) is 13.4. The zero-order valence-corrected chi connectivity index (χ0v) is 16.4. The van der Waals surface area contributed by atoms with Crippen LogP contribution >= 0.6 is 0 Å². The molecule has 0 aliphatic heterocycles. The quantitative estimate of drug-likeness (QED) is 0.676. The Morgan fingerprint density at radius 1 is 0.750 bits per heavy atom. The second-order valence-electron chi connectivity index (χ2n) is 7.02. The van der Waals surface area contributed by atoms with Crippen molar-refractivity contribution in [3.05, 3.63) is 100 Å². The molecule has 2 N–H and O–H groups in total. The molecule has 0 atom stereocenters. The van der Waals surface area contributed by atoms with E-state index in [2.05, 4.69) is 16.7 Å². The Kier molecular flexibility index (Phi) is 5.90. The molecule has 0 aliphatic carbocycles. The van der Waals surface area contributed by atoms with Gasteiger partial charge in [0.05, 0.1) is 0 Å². The van der Waals surface area contributed by atoms with Crippen LogP contribution < -0.4 is 10.6 Å². The summed E-state index contributed by atoms with van der Waals surface area (Å²) in [5.74, 6) is -0.442. The van der Waals surface area contributed by atoms with Crippen molar-refractivity contribution in [3.8, 4) is 0 Å². The fraction of sp³-hybridized carbons (Fsp3) is 0.167. The Balaban J connectivity index is 1.69. The van der Waals surface area contributed by atoms with E-state index in [9.17, 15) is 9.59 Å². The monoisotopic (exact) mass is 372 g/mol. The normalized spacial score (nSPS) is 10.4. The van der Waals surface area contributed by atoms with Crippen LogP contribution in [0.15, 0.2) is 66.7 Å².